The molecule has 0 bridgehead atoms. The molecule has 20 heavy (non-hydrogen) atoms. The summed E-state index contributed by atoms with van der Waals surface area (Å²) in [4.78, 5) is 10.5. The van der Waals surface area contributed by atoms with Gasteiger partial charge in [0, 0.05) is 6.07 Å². The van der Waals surface area contributed by atoms with Crippen molar-refractivity contribution in [3.63, 3.8) is 0 Å². The summed E-state index contributed by atoms with van der Waals surface area (Å²) in [5, 5.41) is 19.6. The molecule has 0 amide bonds. The number of hydrogen-bond acceptors (Lipinski definition) is 4. The summed E-state index contributed by atoms with van der Waals surface area (Å²) in [6.45, 7) is 0.190. The minimum atomic E-state index is -0.487. The van der Waals surface area contributed by atoms with Crippen molar-refractivity contribution in [1.82, 2.24) is 0 Å². The smallest absolute Gasteiger partial charge is 0.312 e. The minimum Gasteiger partial charge on any atom is -0.481 e. The van der Waals surface area contributed by atoms with Crippen LogP contribution >= 0.6 is 15.9 Å². The van der Waals surface area contributed by atoms with Crippen LogP contribution in [-0.4, -0.2) is 4.92 Å². The average molecular weight is 333 g/mol. The third kappa shape index (κ3) is 3.13. The first kappa shape index (κ1) is 14.0. The molecule has 2 aromatic carbocycles. The molecular weight excluding hydrogens is 324 g/mol. The van der Waals surface area contributed by atoms with Gasteiger partial charge >= 0.3 is 5.69 Å². The summed E-state index contributed by atoms with van der Waals surface area (Å²) >= 11 is 3.24. The van der Waals surface area contributed by atoms with Gasteiger partial charge in [0.05, 0.1) is 21.0 Å². The van der Waals surface area contributed by atoms with E-state index in [0.29, 0.717) is 10.0 Å². The number of ether oxygens (including phenoxy) is 1. The maximum Gasteiger partial charge on any atom is 0.312 e. The summed E-state index contributed by atoms with van der Waals surface area (Å²) in [6, 6.07) is 13.5. The van der Waals surface area contributed by atoms with Crippen molar-refractivity contribution in [1.29, 1.82) is 5.26 Å². The van der Waals surface area contributed by atoms with Crippen molar-refractivity contribution >= 4 is 21.6 Å². The van der Waals surface area contributed by atoms with Crippen molar-refractivity contribution in [3.8, 4) is 11.8 Å². The van der Waals surface area contributed by atoms with Gasteiger partial charge in [-0.05, 0) is 39.7 Å². The molecular formula is C14H9BrN2O3. The minimum absolute atomic E-state index is 0.0898. The number of halogens is 1. The molecule has 0 spiro atoms. The fourth-order valence-electron chi connectivity index (χ4n) is 1.62. The van der Waals surface area contributed by atoms with Gasteiger partial charge in [0.25, 0.3) is 0 Å². The number of nitriles is 1. The van der Waals surface area contributed by atoms with Gasteiger partial charge in [-0.25, -0.2) is 0 Å². The molecule has 0 aliphatic carbocycles. The van der Waals surface area contributed by atoms with Gasteiger partial charge in [-0.3, -0.25) is 10.1 Å². The zero-order valence-electron chi connectivity index (χ0n) is 10.2. The predicted molar refractivity (Wildman–Crippen MR) is 76.3 cm³/mol. The van der Waals surface area contributed by atoms with Crippen LogP contribution in [0.2, 0.25) is 0 Å². The molecule has 0 heterocycles. The van der Waals surface area contributed by atoms with E-state index in [9.17, 15) is 10.1 Å². The van der Waals surface area contributed by atoms with E-state index < -0.39 is 4.92 Å². The van der Waals surface area contributed by atoms with E-state index in [4.69, 9.17) is 10.00 Å². The van der Waals surface area contributed by atoms with Crippen LogP contribution in [0, 0.1) is 21.4 Å². The maximum atomic E-state index is 10.9. The van der Waals surface area contributed by atoms with E-state index in [0.717, 1.165) is 5.56 Å². The Balaban J connectivity index is 2.18. The lowest BCUT2D eigenvalue weighted by molar-refractivity contribution is -0.386. The average Bonchev–Trinajstić information content (AvgIpc) is 2.46. The van der Waals surface area contributed by atoms with Crippen LogP contribution in [0.1, 0.15) is 11.1 Å². The Morgan fingerprint density at radius 3 is 2.55 bits per heavy atom. The number of nitrogens with zero attached hydrogens (tertiary/aromatic N) is 2. The normalized spacial score (nSPS) is 9.80. The van der Waals surface area contributed by atoms with Gasteiger partial charge in [-0.1, -0.05) is 18.2 Å². The molecule has 0 aliphatic rings. The monoisotopic (exact) mass is 332 g/mol. The lowest BCUT2D eigenvalue weighted by Crippen LogP contribution is -2.00. The van der Waals surface area contributed by atoms with Gasteiger partial charge < -0.3 is 4.74 Å². The van der Waals surface area contributed by atoms with Gasteiger partial charge in [0.15, 0.2) is 0 Å². The highest BCUT2D eigenvalue weighted by Crippen LogP contribution is 2.35. The standard InChI is InChI=1S/C14H9BrN2O3/c15-12-2-1-3-13(17(18)19)14(12)20-9-11-6-4-10(8-16)5-7-11/h1-7H,9H2. The van der Waals surface area contributed by atoms with Gasteiger partial charge in [-0.15, -0.1) is 0 Å². The Hall–Kier alpha value is -2.39. The van der Waals surface area contributed by atoms with E-state index >= 15 is 0 Å². The Morgan fingerprint density at radius 2 is 1.95 bits per heavy atom. The number of rotatable bonds is 4. The Morgan fingerprint density at radius 1 is 1.25 bits per heavy atom. The first-order valence-electron chi connectivity index (χ1n) is 5.66. The fraction of sp³-hybridized carbons (Fsp3) is 0.0714. The highest BCUT2D eigenvalue weighted by atomic mass is 79.9. The summed E-state index contributed by atoms with van der Waals surface area (Å²) in [6.07, 6.45) is 0. The quantitative estimate of drug-likeness (QED) is 0.630. The second kappa shape index (κ2) is 6.17. The molecule has 0 unspecified atom stereocenters. The molecule has 2 rings (SSSR count). The second-order valence-corrected chi connectivity index (χ2v) is 4.80. The maximum absolute atomic E-state index is 10.9. The predicted octanol–water partition coefficient (Wildman–Crippen LogP) is 3.81. The van der Waals surface area contributed by atoms with Gasteiger partial charge in [0.2, 0.25) is 5.75 Å². The number of para-hydroxylation sites is 1. The molecule has 5 nitrogen and oxygen atoms in total. The fourth-order valence-corrected chi connectivity index (χ4v) is 2.09. The number of nitro benzene ring substituents is 1. The number of hydrogen-bond donors (Lipinski definition) is 0. The molecule has 0 aromatic heterocycles. The van der Waals surface area contributed by atoms with Crippen LogP contribution in [-0.2, 0) is 6.61 Å². The summed E-state index contributed by atoms with van der Waals surface area (Å²) < 4.78 is 6.05. The lowest BCUT2D eigenvalue weighted by atomic mass is 10.1. The third-order valence-corrected chi connectivity index (χ3v) is 3.23. The molecule has 0 saturated heterocycles. The van der Waals surface area contributed by atoms with Crippen molar-refractivity contribution in [2.45, 2.75) is 6.61 Å². The molecule has 0 N–H and O–H groups in total. The molecule has 0 atom stereocenters. The van der Waals surface area contributed by atoms with Crippen LogP contribution in [0.5, 0.6) is 5.75 Å². The zero-order chi connectivity index (χ0) is 14.5. The van der Waals surface area contributed by atoms with Crippen LogP contribution in [0.4, 0.5) is 5.69 Å². The third-order valence-electron chi connectivity index (χ3n) is 2.61. The van der Waals surface area contributed by atoms with E-state index in [2.05, 4.69) is 15.9 Å². The first-order valence-corrected chi connectivity index (χ1v) is 6.46. The SMILES string of the molecule is N#Cc1ccc(COc2c(Br)cccc2[N+](=O)[O-])cc1. The van der Waals surface area contributed by atoms with E-state index in [-0.39, 0.29) is 18.0 Å². The molecule has 2 aromatic rings. The molecule has 0 fully saturated rings. The topological polar surface area (TPSA) is 76.2 Å². The Bertz CT molecular complexity index is 678. The van der Waals surface area contributed by atoms with Crippen molar-refractivity contribution in [2.75, 3.05) is 0 Å². The molecule has 100 valence electrons. The number of nitro groups is 1. The summed E-state index contributed by atoms with van der Waals surface area (Å²) in [5.74, 6) is 0.196. The second-order valence-electron chi connectivity index (χ2n) is 3.94. The van der Waals surface area contributed by atoms with E-state index in [1.54, 1.807) is 36.4 Å². The Labute approximate surface area is 123 Å². The molecule has 6 heteroatoms. The van der Waals surface area contributed by atoms with Crippen molar-refractivity contribution < 1.29 is 9.66 Å². The van der Waals surface area contributed by atoms with Crippen LogP contribution in [0.25, 0.3) is 0 Å². The summed E-state index contributed by atoms with van der Waals surface area (Å²) in [7, 11) is 0. The highest BCUT2D eigenvalue weighted by Gasteiger charge is 2.17. The van der Waals surface area contributed by atoms with Gasteiger partial charge in [0.1, 0.15) is 6.61 Å². The number of benzene rings is 2. The zero-order valence-corrected chi connectivity index (χ0v) is 11.8. The largest absolute Gasteiger partial charge is 0.481 e. The van der Waals surface area contributed by atoms with Crippen molar-refractivity contribution in [2.24, 2.45) is 0 Å². The van der Waals surface area contributed by atoms with E-state index in [1.165, 1.54) is 6.07 Å². The van der Waals surface area contributed by atoms with Gasteiger partial charge in [-0.2, -0.15) is 5.26 Å². The lowest BCUT2D eigenvalue weighted by Gasteiger charge is -2.08. The van der Waals surface area contributed by atoms with Crippen LogP contribution in [0.15, 0.2) is 46.9 Å². The van der Waals surface area contributed by atoms with E-state index in [1.807, 2.05) is 6.07 Å². The highest BCUT2D eigenvalue weighted by molar-refractivity contribution is 9.10. The summed E-state index contributed by atoms with van der Waals surface area (Å²) in [5.41, 5.74) is 1.29. The molecule has 0 radical (unpaired) electrons. The van der Waals surface area contributed by atoms with Crippen LogP contribution < -0.4 is 4.74 Å². The molecule has 0 saturated carbocycles. The van der Waals surface area contributed by atoms with Crippen LogP contribution in [0.3, 0.4) is 0 Å². The molecule has 0 aliphatic heterocycles. The Kier molecular flexibility index (Phi) is 4.33. The first-order chi connectivity index (χ1) is 9.61. The van der Waals surface area contributed by atoms with Crippen molar-refractivity contribution in [3.05, 3.63) is 68.2 Å².